The molecule has 0 saturated carbocycles. The molecule has 0 unspecified atom stereocenters. The van der Waals surface area contributed by atoms with Gasteiger partial charge in [-0.05, 0) is 27.0 Å². The van der Waals surface area contributed by atoms with Crippen LogP contribution in [0.15, 0.2) is 5.16 Å². The van der Waals surface area contributed by atoms with Crippen LogP contribution in [0.5, 0.6) is 11.6 Å². The summed E-state index contributed by atoms with van der Waals surface area (Å²) in [6, 6.07) is 0. The number of carbonyl (C=O) groups excluding carboxylic acids is 1. The molecule has 0 atom stereocenters. The second-order valence-corrected chi connectivity index (χ2v) is 6.33. The number of carbonyl (C=O) groups is 1. The molecule has 1 N–H and O–H groups in total. The molecule has 2 heterocycles. The van der Waals surface area contributed by atoms with Gasteiger partial charge in [-0.3, -0.25) is 4.90 Å². The largest absolute Gasteiger partial charge is 0.491 e. The Balaban J connectivity index is 2.24. The standard InChI is InChI=1S/C13H19N3O4S/c1-13(2,3)20-12(18)16-5-6-19-9-8(7-16)14-11(21-4)15-10(9)17/h5-7H2,1-4H3,(H,14,15,17). The maximum atomic E-state index is 12.2. The zero-order chi connectivity index (χ0) is 15.6. The molecule has 116 valence electrons. The van der Waals surface area contributed by atoms with E-state index in [-0.39, 0.29) is 24.8 Å². The molecule has 21 heavy (non-hydrogen) atoms. The third-order valence-electron chi connectivity index (χ3n) is 2.68. The van der Waals surface area contributed by atoms with Crippen LogP contribution in [0.2, 0.25) is 0 Å². The topological polar surface area (TPSA) is 84.8 Å². The van der Waals surface area contributed by atoms with Crippen molar-refractivity contribution in [1.82, 2.24) is 14.9 Å². The average molecular weight is 313 g/mol. The van der Waals surface area contributed by atoms with Crippen molar-refractivity contribution in [3.05, 3.63) is 5.69 Å². The van der Waals surface area contributed by atoms with Crippen molar-refractivity contribution in [3.63, 3.8) is 0 Å². The van der Waals surface area contributed by atoms with E-state index in [9.17, 15) is 9.90 Å². The van der Waals surface area contributed by atoms with E-state index in [2.05, 4.69) is 9.97 Å². The number of aromatic nitrogens is 2. The first-order valence-electron chi connectivity index (χ1n) is 6.55. The molecule has 0 bridgehead atoms. The third-order valence-corrected chi connectivity index (χ3v) is 3.23. The van der Waals surface area contributed by atoms with E-state index in [4.69, 9.17) is 9.47 Å². The zero-order valence-electron chi connectivity index (χ0n) is 12.5. The molecule has 2 rings (SSSR count). The molecular weight excluding hydrogens is 294 g/mol. The molecule has 1 aromatic rings. The predicted octanol–water partition coefficient (Wildman–Crippen LogP) is 2.03. The minimum Gasteiger partial charge on any atom is -0.491 e. The van der Waals surface area contributed by atoms with E-state index in [1.54, 1.807) is 0 Å². The van der Waals surface area contributed by atoms with Gasteiger partial charge in [0, 0.05) is 0 Å². The summed E-state index contributed by atoms with van der Waals surface area (Å²) in [7, 11) is 0. The van der Waals surface area contributed by atoms with Crippen LogP contribution in [0.1, 0.15) is 26.5 Å². The SMILES string of the molecule is CSc1nc(O)c2c(n1)CN(C(=O)OC(C)(C)C)CCO2. The highest BCUT2D eigenvalue weighted by atomic mass is 32.2. The number of nitrogens with zero attached hydrogens (tertiary/aromatic N) is 3. The van der Waals surface area contributed by atoms with Gasteiger partial charge in [-0.15, -0.1) is 0 Å². The molecule has 8 heteroatoms. The Morgan fingerprint density at radius 1 is 1.43 bits per heavy atom. The number of fused-ring (bicyclic) bond motifs is 1. The average Bonchev–Trinajstić information content (AvgIpc) is 2.59. The Morgan fingerprint density at radius 3 is 2.76 bits per heavy atom. The van der Waals surface area contributed by atoms with Crippen LogP contribution >= 0.6 is 11.8 Å². The van der Waals surface area contributed by atoms with Crippen LogP contribution in [0, 0.1) is 0 Å². The molecule has 0 radical (unpaired) electrons. The number of hydrogen-bond donors (Lipinski definition) is 1. The number of rotatable bonds is 1. The molecule has 1 aliphatic heterocycles. The maximum absolute atomic E-state index is 12.2. The molecule has 0 aromatic carbocycles. The van der Waals surface area contributed by atoms with Crippen LogP contribution in [0.3, 0.4) is 0 Å². The summed E-state index contributed by atoms with van der Waals surface area (Å²) in [6.07, 6.45) is 1.38. The van der Waals surface area contributed by atoms with Gasteiger partial charge in [0.15, 0.2) is 5.16 Å². The van der Waals surface area contributed by atoms with E-state index in [0.29, 0.717) is 17.4 Å². The molecule has 7 nitrogen and oxygen atoms in total. The van der Waals surface area contributed by atoms with E-state index in [1.807, 2.05) is 27.0 Å². The number of amides is 1. The molecule has 1 amide bonds. The van der Waals surface area contributed by atoms with Crippen LogP contribution in [0.25, 0.3) is 0 Å². The fraction of sp³-hybridized carbons (Fsp3) is 0.615. The van der Waals surface area contributed by atoms with Crippen molar-refractivity contribution < 1.29 is 19.4 Å². The maximum Gasteiger partial charge on any atom is 0.410 e. The van der Waals surface area contributed by atoms with Gasteiger partial charge in [0.2, 0.25) is 5.75 Å². The predicted molar refractivity (Wildman–Crippen MR) is 77.6 cm³/mol. The van der Waals surface area contributed by atoms with Gasteiger partial charge in [-0.2, -0.15) is 4.98 Å². The van der Waals surface area contributed by atoms with Crippen molar-refractivity contribution in [1.29, 1.82) is 0 Å². The molecule has 1 aliphatic rings. The Kier molecular flexibility index (Phi) is 4.46. The van der Waals surface area contributed by atoms with Gasteiger partial charge in [0.1, 0.15) is 17.9 Å². The smallest absolute Gasteiger partial charge is 0.410 e. The summed E-state index contributed by atoms with van der Waals surface area (Å²) in [5, 5.41) is 10.3. The first-order chi connectivity index (χ1) is 9.80. The van der Waals surface area contributed by atoms with E-state index < -0.39 is 11.7 Å². The second kappa shape index (κ2) is 5.97. The molecule has 0 spiro atoms. The van der Waals surface area contributed by atoms with Crippen LogP contribution in [-0.2, 0) is 11.3 Å². The van der Waals surface area contributed by atoms with Gasteiger partial charge in [-0.25, -0.2) is 9.78 Å². The highest BCUT2D eigenvalue weighted by Gasteiger charge is 2.27. The Morgan fingerprint density at radius 2 is 2.14 bits per heavy atom. The van der Waals surface area contributed by atoms with Crippen LogP contribution in [0.4, 0.5) is 4.79 Å². The summed E-state index contributed by atoms with van der Waals surface area (Å²) >= 11 is 1.31. The third kappa shape index (κ3) is 3.90. The van der Waals surface area contributed by atoms with Gasteiger partial charge in [0.05, 0.1) is 13.1 Å². The first kappa shape index (κ1) is 15.7. The van der Waals surface area contributed by atoms with Crippen molar-refractivity contribution in [2.24, 2.45) is 0 Å². The van der Waals surface area contributed by atoms with Crippen LogP contribution < -0.4 is 4.74 Å². The fourth-order valence-corrected chi connectivity index (χ4v) is 2.19. The van der Waals surface area contributed by atoms with Gasteiger partial charge >= 0.3 is 6.09 Å². The minimum absolute atomic E-state index is 0.199. The molecule has 0 aliphatic carbocycles. The van der Waals surface area contributed by atoms with Gasteiger partial charge in [0.25, 0.3) is 5.88 Å². The number of ether oxygens (including phenoxy) is 2. The summed E-state index contributed by atoms with van der Waals surface area (Å²) in [5.41, 5.74) is -0.0825. The Bertz CT molecular complexity index is 545. The van der Waals surface area contributed by atoms with Crippen LogP contribution in [-0.4, -0.2) is 51.1 Å². The minimum atomic E-state index is -0.564. The second-order valence-electron chi connectivity index (χ2n) is 5.56. The summed E-state index contributed by atoms with van der Waals surface area (Å²) in [5.74, 6) is 0.0363. The Hall–Kier alpha value is -1.70. The highest BCUT2D eigenvalue weighted by Crippen LogP contribution is 2.31. The van der Waals surface area contributed by atoms with E-state index >= 15 is 0 Å². The summed E-state index contributed by atoms with van der Waals surface area (Å²) in [6.45, 7) is 6.27. The lowest BCUT2D eigenvalue weighted by atomic mass is 10.2. The molecule has 0 saturated heterocycles. The van der Waals surface area contributed by atoms with Crippen molar-refractivity contribution in [2.45, 2.75) is 38.1 Å². The van der Waals surface area contributed by atoms with E-state index in [0.717, 1.165) is 0 Å². The normalized spacial score (nSPS) is 15.0. The lowest BCUT2D eigenvalue weighted by Crippen LogP contribution is -2.37. The van der Waals surface area contributed by atoms with Gasteiger partial charge in [-0.1, -0.05) is 11.8 Å². The highest BCUT2D eigenvalue weighted by molar-refractivity contribution is 7.98. The zero-order valence-corrected chi connectivity index (χ0v) is 13.4. The molecule has 1 aromatic heterocycles. The lowest BCUT2D eigenvalue weighted by molar-refractivity contribution is 0.0224. The Labute approximate surface area is 127 Å². The van der Waals surface area contributed by atoms with Crippen molar-refractivity contribution in [2.75, 3.05) is 19.4 Å². The molecular formula is C13H19N3O4S. The van der Waals surface area contributed by atoms with E-state index in [1.165, 1.54) is 16.7 Å². The molecule has 0 fully saturated rings. The summed E-state index contributed by atoms with van der Waals surface area (Å²) < 4.78 is 10.8. The number of thioether (sulfide) groups is 1. The fourth-order valence-electron chi connectivity index (χ4n) is 1.81. The van der Waals surface area contributed by atoms with Crippen molar-refractivity contribution >= 4 is 17.9 Å². The monoisotopic (exact) mass is 313 g/mol. The van der Waals surface area contributed by atoms with Crippen molar-refractivity contribution in [3.8, 4) is 11.6 Å². The number of hydrogen-bond acceptors (Lipinski definition) is 7. The summed E-state index contributed by atoms with van der Waals surface area (Å²) in [4.78, 5) is 21.9. The van der Waals surface area contributed by atoms with Gasteiger partial charge < -0.3 is 14.6 Å². The quantitative estimate of drug-likeness (QED) is 0.627. The first-order valence-corrected chi connectivity index (χ1v) is 7.77. The number of aromatic hydroxyl groups is 1. The lowest BCUT2D eigenvalue weighted by Gasteiger charge is -2.25.